The van der Waals surface area contributed by atoms with Gasteiger partial charge in [0.2, 0.25) is 0 Å². The van der Waals surface area contributed by atoms with Crippen molar-refractivity contribution < 1.29 is 32.2 Å². The number of ether oxygens (including phenoxy) is 3. The summed E-state index contributed by atoms with van der Waals surface area (Å²) in [6, 6.07) is 5.95. The third kappa shape index (κ3) is 5.44. The fourth-order valence-electron chi connectivity index (χ4n) is 4.92. The summed E-state index contributed by atoms with van der Waals surface area (Å²) in [5.74, 6) is -0.225. The minimum atomic E-state index is -4.79. The largest absolute Gasteiger partial charge is 0.573 e. The molecule has 6 nitrogen and oxygen atoms in total. The van der Waals surface area contributed by atoms with E-state index in [0.29, 0.717) is 17.9 Å². The van der Waals surface area contributed by atoms with Gasteiger partial charge in [-0.2, -0.15) is 0 Å². The van der Waals surface area contributed by atoms with Gasteiger partial charge in [-0.15, -0.1) is 13.2 Å². The van der Waals surface area contributed by atoms with Crippen LogP contribution in [0.25, 0.3) is 22.3 Å². The predicted octanol–water partition coefficient (Wildman–Crippen LogP) is 6.91. The molecule has 0 spiro atoms. The van der Waals surface area contributed by atoms with Crippen LogP contribution in [0, 0.1) is 19.8 Å². The van der Waals surface area contributed by atoms with Crippen molar-refractivity contribution in [3.63, 3.8) is 0 Å². The van der Waals surface area contributed by atoms with Crippen molar-refractivity contribution in [2.45, 2.75) is 65.3 Å². The molecule has 0 unspecified atom stereocenters. The lowest BCUT2D eigenvalue weighted by Gasteiger charge is -2.20. The lowest BCUT2D eigenvalue weighted by atomic mass is 10.0. The van der Waals surface area contributed by atoms with Crippen LogP contribution in [0.2, 0.25) is 0 Å². The molecule has 2 aromatic heterocycles. The molecule has 1 aliphatic carbocycles. The highest BCUT2D eigenvalue weighted by atomic mass is 19.4. The Morgan fingerprint density at radius 3 is 2.53 bits per heavy atom. The number of hydrogen-bond donors (Lipinski definition) is 0. The van der Waals surface area contributed by atoms with E-state index >= 15 is 0 Å². The van der Waals surface area contributed by atoms with E-state index in [2.05, 4.69) is 16.2 Å². The first-order valence-corrected chi connectivity index (χ1v) is 12.2. The number of aryl methyl sites for hydroxylation is 2. The zero-order valence-corrected chi connectivity index (χ0v) is 20.9. The molecule has 0 saturated heterocycles. The first kappa shape index (κ1) is 25.9. The number of aromatic nitrogens is 2. The first-order chi connectivity index (χ1) is 17.1. The number of methoxy groups -OCH3 is 1. The Kier molecular flexibility index (Phi) is 7.47. The van der Waals surface area contributed by atoms with Crippen LogP contribution in [0.4, 0.5) is 13.2 Å². The summed E-state index contributed by atoms with van der Waals surface area (Å²) in [5.41, 5.74) is 4.64. The van der Waals surface area contributed by atoms with Crippen molar-refractivity contribution in [2.24, 2.45) is 5.92 Å². The minimum absolute atomic E-state index is 0.0139. The number of pyridine rings is 1. The molecule has 0 N–H and O–H groups in total. The second-order valence-electron chi connectivity index (χ2n) is 9.32. The molecular weight excluding hydrogens is 473 g/mol. The molecule has 2 heterocycles. The number of benzene rings is 1. The van der Waals surface area contributed by atoms with Gasteiger partial charge in [-0.1, -0.05) is 19.8 Å². The molecule has 9 heteroatoms. The van der Waals surface area contributed by atoms with Gasteiger partial charge >= 0.3 is 12.3 Å². The fraction of sp³-hybridized carbons (Fsp3) is 0.481. The maximum atomic E-state index is 12.7. The van der Waals surface area contributed by atoms with Crippen LogP contribution in [0.1, 0.15) is 56.2 Å². The van der Waals surface area contributed by atoms with Crippen LogP contribution in [-0.4, -0.2) is 35.6 Å². The number of fused-ring (bicyclic) bond motifs is 1. The Morgan fingerprint density at radius 2 is 1.89 bits per heavy atom. The average Bonchev–Trinajstić information content (AvgIpc) is 3.47. The molecule has 0 radical (unpaired) electrons. The Hall–Kier alpha value is -3.23. The Morgan fingerprint density at radius 1 is 1.17 bits per heavy atom. The molecule has 0 aliphatic heterocycles. The Balaban J connectivity index is 1.65. The third-order valence-electron chi connectivity index (χ3n) is 6.81. The summed E-state index contributed by atoms with van der Waals surface area (Å²) in [7, 11) is 1.39. The highest BCUT2D eigenvalue weighted by Crippen LogP contribution is 2.38. The van der Waals surface area contributed by atoms with E-state index in [-0.39, 0.29) is 29.4 Å². The molecular formula is C27H31F3N2O4. The molecule has 1 atom stereocenters. The van der Waals surface area contributed by atoms with Crippen LogP contribution < -0.4 is 9.47 Å². The summed E-state index contributed by atoms with van der Waals surface area (Å²) in [5, 5.41) is 0. The lowest BCUT2D eigenvalue weighted by Crippen LogP contribution is -2.21. The van der Waals surface area contributed by atoms with Gasteiger partial charge in [0.1, 0.15) is 18.1 Å². The highest BCUT2D eigenvalue weighted by Gasteiger charge is 2.31. The van der Waals surface area contributed by atoms with Crippen molar-refractivity contribution in [1.82, 2.24) is 9.55 Å². The number of halogens is 3. The van der Waals surface area contributed by atoms with Gasteiger partial charge in [0.15, 0.2) is 0 Å². The number of alkyl halides is 3. The molecule has 1 saturated carbocycles. The van der Waals surface area contributed by atoms with Gasteiger partial charge in [0.25, 0.3) is 0 Å². The van der Waals surface area contributed by atoms with E-state index < -0.39 is 6.36 Å². The van der Waals surface area contributed by atoms with E-state index in [1.54, 1.807) is 0 Å². The highest BCUT2D eigenvalue weighted by molar-refractivity contribution is 5.85. The number of carbonyl (C=O) groups excluding carboxylic acids is 1. The van der Waals surface area contributed by atoms with Crippen molar-refractivity contribution in [3.8, 4) is 22.8 Å². The van der Waals surface area contributed by atoms with Gasteiger partial charge in [-0.25, -0.2) is 4.98 Å². The van der Waals surface area contributed by atoms with Gasteiger partial charge in [0.05, 0.1) is 35.8 Å². The topological polar surface area (TPSA) is 62.6 Å². The zero-order valence-electron chi connectivity index (χ0n) is 20.9. The summed E-state index contributed by atoms with van der Waals surface area (Å²) in [6.07, 6.45) is 1.95. The van der Waals surface area contributed by atoms with E-state index in [1.807, 2.05) is 26.1 Å². The van der Waals surface area contributed by atoms with Crippen molar-refractivity contribution in [2.75, 3.05) is 13.7 Å². The van der Waals surface area contributed by atoms with E-state index in [9.17, 15) is 18.0 Å². The van der Waals surface area contributed by atoms with E-state index in [0.717, 1.165) is 54.3 Å². The Bertz CT molecular complexity index is 1250. The number of nitrogens with zero attached hydrogens (tertiary/aromatic N) is 2. The van der Waals surface area contributed by atoms with Gasteiger partial charge in [-0.3, -0.25) is 4.79 Å². The molecule has 0 amide bonds. The fourth-order valence-corrected chi connectivity index (χ4v) is 4.92. The van der Waals surface area contributed by atoms with Gasteiger partial charge in [0, 0.05) is 17.8 Å². The monoisotopic (exact) mass is 504 g/mol. The number of rotatable bonds is 8. The van der Waals surface area contributed by atoms with E-state index in [1.165, 1.54) is 25.3 Å². The number of esters is 1. The quantitative estimate of drug-likeness (QED) is 0.312. The summed E-state index contributed by atoms with van der Waals surface area (Å²) in [6.45, 7) is 6.21. The normalized spacial score (nSPS) is 15.3. The summed E-state index contributed by atoms with van der Waals surface area (Å²) < 4.78 is 55.2. The second kappa shape index (κ2) is 10.4. The summed E-state index contributed by atoms with van der Waals surface area (Å²) in [4.78, 5) is 17.3. The van der Waals surface area contributed by atoms with Crippen molar-refractivity contribution in [1.29, 1.82) is 0 Å². The second-order valence-corrected chi connectivity index (χ2v) is 9.32. The molecule has 1 aliphatic rings. The van der Waals surface area contributed by atoms with Gasteiger partial charge < -0.3 is 18.8 Å². The van der Waals surface area contributed by atoms with Crippen LogP contribution in [0.15, 0.2) is 30.5 Å². The van der Waals surface area contributed by atoms with Crippen LogP contribution in [-0.2, 0) is 9.53 Å². The molecule has 4 rings (SSSR count). The predicted molar refractivity (Wildman–Crippen MR) is 130 cm³/mol. The van der Waals surface area contributed by atoms with Crippen LogP contribution in [0.3, 0.4) is 0 Å². The molecule has 194 valence electrons. The van der Waals surface area contributed by atoms with Crippen LogP contribution >= 0.6 is 0 Å². The third-order valence-corrected chi connectivity index (χ3v) is 6.81. The first-order valence-electron chi connectivity index (χ1n) is 12.2. The van der Waals surface area contributed by atoms with Crippen molar-refractivity contribution in [3.05, 3.63) is 41.6 Å². The van der Waals surface area contributed by atoms with Gasteiger partial charge in [-0.05, 0) is 62.4 Å². The molecule has 1 fully saturated rings. The van der Waals surface area contributed by atoms with Crippen molar-refractivity contribution >= 4 is 17.0 Å². The number of carbonyl (C=O) groups is 1. The summed E-state index contributed by atoms with van der Waals surface area (Å²) >= 11 is 0. The molecule has 1 aromatic carbocycles. The molecule has 3 aromatic rings. The smallest absolute Gasteiger partial charge is 0.496 e. The minimum Gasteiger partial charge on any atom is -0.496 e. The van der Waals surface area contributed by atoms with Crippen LogP contribution in [0.5, 0.6) is 11.5 Å². The number of hydrogen-bond acceptors (Lipinski definition) is 5. The standard InChI is InChI=1S/C27H31F3N2O4/c1-5-19(15-35-26(33)18-8-6-7-9-18)32-14-17(3)25-22(32)12-16(2)24(31-25)21-11-10-20(13-23(21)34-4)36-27(28,29)30/h10-14,18-19H,5-9,15H2,1-4H3/t19-/m0/s1. The average molecular weight is 505 g/mol. The lowest BCUT2D eigenvalue weighted by molar-refractivity contribution is -0.274. The molecule has 36 heavy (non-hydrogen) atoms. The SMILES string of the molecule is CC[C@@H](COC(=O)C1CCCC1)n1cc(C)c2nc(-c3ccc(OC(F)(F)F)cc3OC)c(C)cc21. The zero-order chi connectivity index (χ0) is 26.0. The molecule has 0 bridgehead atoms. The maximum absolute atomic E-state index is 12.7. The Labute approximate surface area is 208 Å². The van der Waals surface area contributed by atoms with E-state index in [4.69, 9.17) is 14.5 Å². The maximum Gasteiger partial charge on any atom is 0.573 e.